The highest BCUT2D eigenvalue weighted by Gasteiger charge is 2.53. The lowest BCUT2D eigenvalue weighted by molar-refractivity contribution is -0.126. The van der Waals surface area contributed by atoms with Crippen LogP contribution in [0.25, 0.3) is 0 Å². The predicted octanol–water partition coefficient (Wildman–Crippen LogP) is 3.83. The van der Waals surface area contributed by atoms with Crippen LogP contribution in [0.5, 0.6) is 0 Å². The number of likely N-dealkylation sites (tertiary alicyclic amines) is 1. The smallest absolute Gasteiger partial charge is 0.223 e. The number of benzene rings is 1. The van der Waals surface area contributed by atoms with Gasteiger partial charge in [-0.3, -0.25) is 9.69 Å². The molecule has 1 saturated heterocycles. The Bertz CT molecular complexity index is 702. The van der Waals surface area contributed by atoms with E-state index in [1.807, 2.05) is 13.8 Å². The lowest BCUT2D eigenvalue weighted by Crippen LogP contribution is -2.51. The number of rotatable bonds is 5. The van der Waals surface area contributed by atoms with Gasteiger partial charge < -0.3 is 10.1 Å². The van der Waals surface area contributed by atoms with Crippen molar-refractivity contribution in [1.29, 1.82) is 0 Å². The van der Waals surface area contributed by atoms with Crippen LogP contribution in [-0.4, -0.2) is 43.7 Å². The van der Waals surface area contributed by atoms with Crippen molar-refractivity contribution in [3.8, 4) is 0 Å². The van der Waals surface area contributed by atoms with E-state index in [1.165, 1.54) is 16.7 Å². The van der Waals surface area contributed by atoms with Crippen molar-refractivity contribution in [2.24, 2.45) is 5.92 Å². The molecule has 148 valence electrons. The second-order valence-electron chi connectivity index (χ2n) is 8.45. The van der Waals surface area contributed by atoms with Crippen LogP contribution in [0.1, 0.15) is 57.7 Å². The highest BCUT2D eigenvalue weighted by molar-refractivity contribution is 5.78. The fourth-order valence-corrected chi connectivity index (χ4v) is 4.80. The molecule has 1 aliphatic carbocycles. The number of nitrogens with zero attached hydrogens (tertiary/aromatic N) is 1. The average Bonchev–Trinajstić information content (AvgIpc) is 2.92. The molecule has 1 aromatic rings. The average molecular weight is 371 g/mol. The summed E-state index contributed by atoms with van der Waals surface area (Å²) in [6, 6.07) is 8.54. The summed E-state index contributed by atoms with van der Waals surface area (Å²) < 4.78 is 6.07. The molecule has 0 aromatic heterocycles. The standard InChI is InChI=1S/C23H34N2O2/c1-6-17(4)15-25-13-11-23(12-14-25)19-10-8-7-9-18(19)20(21(23)27-5)24-22(26)16(2)3/h6-10,16,20-21H,11-15H2,1-5H3,(H,24,26)/t20-,21+/m1/s1. The van der Waals surface area contributed by atoms with Crippen LogP contribution in [0.3, 0.4) is 0 Å². The van der Waals surface area contributed by atoms with Crippen LogP contribution >= 0.6 is 0 Å². The van der Waals surface area contributed by atoms with Gasteiger partial charge in [-0.2, -0.15) is 0 Å². The van der Waals surface area contributed by atoms with Gasteiger partial charge in [0.15, 0.2) is 0 Å². The molecule has 1 aliphatic heterocycles. The monoisotopic (exact) mass is 370 g/mol. The second-order valence-corrected chi connectivity index (χ2v) is 8.45. The maximum atomic E-state index is 12.5. The Morgan fingerprint density at radius 3 is 2.59 bits per heavy atom. The normalized spacial score (nSPS) is 25.0. The number of hydrogen-bond acceptors (Lipinski definition) is 3. The summed E-state index contributed by atoms with van der Waals surface area (Å²) in [5.41, 5.74) is 4.01. The molecule has 1 spiro atoms. The van der Waals surface area contributed by atoms with Gasteiger partial charge in [0.1, 0.15) is 0 Å². The Kier molecular flexibility index (Phi) is 6.07. The van der Waals surface area contributed by atoms with Crippen molar-refractivity contribution >= 4 is 5.91 Å². The number of nitrogens with one attached hydrogen (secondary N) is 1. The summed E-state index contributed by atoms with van der Waals surface area (Å²) in [7, 11) is 1.79. The van der Waals surface area contributed by atoms with E-state index in [0.29, 0.717) is 0 Å². The Labute approximate surface area is 164 Å². The van der Waals surface area contributed by atoms with E-state index >= 15 is 0 Å². The largest absolute Gasteiger partial charge is 0.378 e. The fourth-order valence-electron chi connectivity index (χ4n) is 4.80. The molecule has 1 amide bonds. The first-order valence-electron chi connectivity index (χ1n) is 10.2. The minimum atomic E-state index is -0.0649. The third kappa shape index (κ3) is 3.70. The summed E-state index contributed by atoms with van der Waals surface area (Å²) in [5.74, 6) is 0.0620. The van der Waals surface area contributed by atoms with Crippen molar-refractivity contribution in [1.82, 2.24) is 10.2 Å². The SMILES string of the molecule is CC=C(C)CN1CCC2(CC1)c1ccccc1[C@@H](NC(=O)C(C)C)[C@@H]2OC. The lowest BCUT2D eigenvalue weighted by Gasteiger charge is -2.44. The predicted molar refractivity (Wildman–Crippen MR) is 110 cm³/mol. The third-order valence-corrected chi connectivity index (χ3v) is 6.47. The van der Waals surface area contributed by atoms with Gasteiger partial charge in [0, 0.05) is 25.0 Å². The van der Waals surface area contributed by atoms with Crippen molar-refractivity contribution in [2.75, 3.05) is 26.7 Å². The van der Waals surface area contributed by atoms with Gasteiger partial charge >= 0.3 is 0 Å². The van der Waals surface area contributed by atoms with Crippen LogP contribution in [0, 0.1) is 5.92 Å². The van der Waals surface area contributed by atoms with E-state index < -0.39 is 0 Å². The van der Waals surface area contributed by atoms with Crippen LogP contribution in [0.4, 0.5) is 0 Å². The van der Waals surface area contributed by atoms with E-state index in [2.05, 4.69) is 54.4 Å². The second kappa shape index (κ2) is 8.15. The molecule has 27 heavy (non-hydrogen) atoms. The number of carbonyl (C=O) groups excluding carboxylic acids is 1. The van der Waals surface area contributed by atoms with Gasteiger partial charge in [0.2, 0.25) is 5.91 Å². The van der Waals surface area contributed by atoms with Crippen molar-refractivity contribution < 1.29 is 9.53 Å². The number of allylic oxidation sites excluding steroid dienone is 1. The van der Waals surface area contributed by atoms with Gasteiger partial charge in [-0.15, -0.1) is 0 Å². The Hall–Kier alpha value is -1.65. The Morgan fingerprint density at radius 1 is 1.33 bits per heavy atom. The summed E-state index contributed by atoms with van der Waals surface area (Å²) in [5, 5.41) is 3.27. The molecule has 3 rings (SSSR count). The highest BCUT2D eigenvalue weighted by Crippen LogP contribution is 2.52. The minimum absolute atomic E-state index is 0.0115. The van der Waals surface area contributed by atoms with Crippen molar-refractivity contribution in [3.05, 3.63) is 47.0 Å². The summed E-state index contributed by atoms with van der Waals surface area (Å²) >= 11 is 0. The molecular formula is C23H34N2O2. The first kappa shape index (κ1) is 20.1. The number of carbonyl (C=O) groups is 1. The maximum absolute atomic E-state index is 12.5. The first-order valence-corrected chi connectivity index (χ1v) is 10.2. The van der Waals surface area contributed by atoms with Gasteiger partial charge in [-0.05, 0) is 50.9 Å². The first-order chi connectivity index (χ1) is 12.9. The van der Waals surface area contributed by atoms with Gasteiger partial charge in [-0.1, -0.05) is 49.8 Å². The Morgan fingerprint density at radius 2 is 2.00 bits per heavy atom. The van der Waals surface area contributed by atoms with Crippen LogP contribution in [0.2, 0.25) is 0 Å². The molecule has 0 radical (unpaired) electrons. The molecular weight excluding hydrogens is 336 g/mol. The molecule has 1 heterocycles. The quantitative estimate of drug-likeness (QED) is 0.801. The minimum Gasteiger partial charge on any atom is -0.378 e. The molecule has 2 atom stereocenters. The van der Waals surface area contributed by atoms with E-state index in [-0.39, 0.29) is 29.4 Å². The number of amides is 1. The molecule has 4 nitrogen and oxygen atoms in total. The zero-order chi connectivity index (χ0) is 19.6. The van der Waals surface area contributed by atoms with E-state index in [0.717, 1.165) is 32.5 Å². The Balaban J connectivity index is 1.88. The molecule has 0 saturated carbocycles. The zero-order valence-corrected chi connectivity index (χ0v) is 17.4. The van der Waals surface area contributed by atoms with E-state index in [9.17, 15) is 4.79 Å². The zero-order valence-electron chi connectivity index (χ0n) is 17.4. The van der Waals surface area contributed by atoms with Gasteiger partial charge in [0.05, 0.1) is 12.1 Å². The van der Waals surface area contributed by atoms with Crippen LogP contribution in [0.15, 0.2) is 35.9 Å². The fraction of sp³-hybridized carbons (Fsp3) is 0.609. The highest BCUT2D eigenvalue weighted by atomic mass is 16.5. The molecule has 1 fully saturated rings. The van der Waals surface area contributed by atoms with Crippen LogP contribution < -0.4 is 5.32 Å². The van der Waals surface area contributed by atoms with Gasteiger partial charge in [-0.25, -0.2) is 0 Å². The summed E-state index contributed by atoms with van der Waals surface area (Å²) in [6.45, 7) is 11.3. The summed E-state index contributed by atoms with van der Waals surface area (Å²) in [4.78, 5) is 15.0. The topological polar surface area (TPSA) is 41.6 Å². The van der Waals surface area contributed by atoms with Crippen molar-refractivity contribution in [2.45, 2.75) is 58.1 Å². The number of piperidine rings is 1. The molecule has 1 aromatic carbocycles. The number of methoxy groups -OCH3 is 1. The number of hydrogen-bond donors (Lipinski definition) is 1. The molecule has 0 unspecified atom stereocenters. The number of fused-ring (bicyclic) bond motifs is 2. The van der Waals surface area contributed by atoms with Gasteiger partial charge in [0.25, 0.3) is 0 Å². The van der Waals surface area contributed by atoms with E-state index in [4.69, 9.17) is 4.74 Å². The lowest BCUT2D eigenvalue weighted by atomic mass is 9.71. The molecule has 0 bridgehead atoms. The van der Waals surface area contributed by atoms with Crippen molar-refractivity contribution in [3.63, 3.8) is 0 Å². The molecule has 1 N–H and O–H groups in total. The van der Waals surface area contributed by atoms with Crippen LogP contribution in [-0.2, 0) is 14.9 Å². The van der Waals surface area contributed by atoms with E-state index in [1.54, 1.807) is 7.11 Å². The molecule has 4 heteroatoms. The molecule has 2 aliphatic rings. The third-order valence-electron chi connectivity index (χ3n) is 6.47. The number of ether oxygens (including phenoxy) is 1. The maximum Gasteiger partial charge on any atom is 0.223 e. The summed E-state index contributed by atoms with van der Waals surface area (Å²) in [6.07, 6.45) is 4.31.